The highest BCUT2D eigenvalue weighted by molar-refractivity contribution is 7.13. The molecule has 0 aliphatic carbocycles. The lowest BCUT2D eigenvalue weighted by Crippen LogP contribution is -2.63. The molecule has 1 amide bonds. The van der Waals surface area contributed by atoms with Crippen molar-refractivity contribution < 1.29 is 4.79 Å². The van der Waals surface area contributed by atoms with Crippen LogP contribution < -0.4 is 0 Å². The first-order valence-electron chi connectivity index (χ1n) is 8.49. The van der Waals surface area contributed by atoms with Crippen LogP contribution in [-0.2, 0) is 0 Å². The number of carbonyl (C=O) groups excluding carboxylic acids is 1. The van der Waals surface area contributed by atoms with Gasteiger partial charge in [-0.3, -0.25) is 9.69 Å². The van der Waals surface area contributed by atoms with Gasteiger partial charge in [-0.25, -0.2) is 4.98 Å². The third-order valence-electron chi connectivity index (χ3n) is 4.97. The van der Waals surface area contributed by atoms with Crippen molar-refractivity contribution >= 4 is 17.2 Å². The molecule has 2 aliphatic heterocycles. The molecular weight excluding hydrogens is 294 g/mol. The van der Waals surface area contributed by atoms with E-state index in [1.807, 2.05) is 11.8 Å². The third kappa shape index (κ3) is 2.93. The number of aryl methyl sites for hydroxylation is 1. The van der Waals surface area contributed by atoms with Gasteiger partial charge in [0.25, 0.3) is 5.91 Å². The normalized spacial score (nSPS) is 23.9. The van der Waals surface area contributed by atoms with Crippen LogP contribution in [0.15, 0.2) is 0 Å². The van der Waals surface area contributed by atoms with E-state index in [1.165, 1.54) is 25.8 Å². The van der Waals surface area contributed by atoms with Crippen molar-refractivity contribution in [3.05, 3.63) is 15.6 Å². The first-order valence-corrected chi connectivity index (χ1v) is 9.31. The fraction of sp³-hybridized carbons (Fsp3) is 0.765. The predicted octanol–water partition coefficient (Wildman–Crippen LogP) is 3.27. The molecule has 2 fully saturated rings. The Kier molecular flexibility index (Phi) is 4.55. The van der Waals surface area contributed by atoms with E-state index in [0.717, 1.165) is 28.7 Å². The number of thiazole rings is 1. The van der Waals surface area contributed by atoms with Gasteiger partial charge in [0.1, 0.15) is 4.88 Å². The Hall–Kier alpha value is -0.940. The first kappa shape index (κ1) is 15.9. The molecule has 0 spiro atoms. The van der Waals surface area contributed by atoms with E-state index < -0.39 is 0 Å². The van der Waals surface area contributed by atoms with Crippen LogP contribution in [0.1, 0.15) is 66.3 Å². The number of piperidine rings is 1. The standard InChI is InChI=1S/C17H27N3OS/c1-11(2)16-18-13(4)15(22-16)17(21)19-9-14(10-19)20-8-6-5-7-12(20)3/h11-12,14H,5-10H2,1-4H3/t12-/m0/s1. The highest BCUT2D eigenvalue weighted by atomic mass is 32.1. The molecule has 2 saturated heterocycles. The van der Waals surface area contributed by atoms with Gasteiger partial charge < -0.3 is 4.90 Å². The summed E-state index contributed by atoms with van der Waals surface area (Å²) >= 11 is 1.57. The highest BCUT2D eigenvalue weighted by Crippen LogP contribution is 2.29. The first-order chi connectivity index (χ1) is 10.5. The van der Waals surface area contributed by atoms with Crippen LogP contribution in [0.5, 0.6) is 0 Å². The minimum Gasteiger partial charge on any atom is -0.335 e. The Labute approximate surface area is 137 Å². The second-order valence-electron chi connectivity index (χ2n) is 7.07. The third-order valence-corrected chi connectivity index (χ3v) is 6.42. The van der Waals surface area contributed by atoms with Gasteiger partial charge in [0.2, 0.25) is 0 Å². The van der Waals surface area contributed by atoms with E-state index in [-0.39, 0.29) is 5.91 Å². The van der Waals surface area contributed by atoms with E-state index in [0.29, 0.717) is 18.0 Å². The van der Waals surface area contributed by atoms with Gasteiger partial charge in [0.05, 0.1) is 10.7 Å². The SMILES string of the molecule is Cc1nc(C(C)C)sc1C(=O)N1CC(N2CCCC[C@@H]2C)C1. The van der Waals surface area contributed by atoms with Crippen molar-refractivity contribution in [2.24, 2.45) is 0 Å². The molecule has 22 heavy (non-hydrogen) atoms. The summed E-state index contributed by atoms with van der Waals surface area (Å²) in [5, 5.41) is 1.07. The average Bonchev–Trinajstić information content (AvgIpc) is 2.81. The molecule has 1 aromatic rings. The Balaban J connectivity index is 1.61. The average molecular weight is 321 g/mol. The molecule has 5 heteroatoms. The lowest BCUT2D eigenvalue weighted by atomic mass is 9.97. The molecule has 0 saturated carbocycles. The van der Waals surface area contributed by atoms with Crippen molar-refractivity contribution in [2.75, 3.05) is 19.6 Å². The summed E-state index contributed by atoms with van der Waals surface area (Å²) in [5.41, 5.74) is 0.897. The maximum absolute atomic E-state index is 12.7. The predicted molar refractivity (Wildman–Crippen MR) is 90.7 cm³/mol. The van der Waals surface area contributed by atoms with Gasteiger partial charge >= 0.3 is 0 Å². The highest BCUT2D eigenvalue weighted by Gasteiger charge is 2.38. The molecule has 0 radical (unpaired) electrons. The molecule has 0 aromatic carbocycles. The zero-order chi connectivity index (χ0) is 15.9. The maximum Gasteiger partial charge on any atom is 0.265 e. The summed E-state index contributed by atoms with van der Waals surface area (Å²) < 4.78 is 0. The van der Waals surface area contributed by atoms with E-state index >= 15 is 0 Å². The fourth-order valence-corrected chi connectivity index (χ4v) is 4.54. The molecule has 3 rings (SSSR count). The van der Waals surface area contributed by atoms with E-state index in [4.69, 9.17) is 0 Å². The van der Waals surface area contributed by atoms with Gasteiger partial charge in [-0.15, -0.1) is 11.3 Å². The van der Waals surface area contributed by atoms with Crippen molar-refractivity contribution in [1.29, 1.82) is 0 Å². The van der Waals surface area contributed by atoms with E-state index in [1.54, 1.807) is 11.3 Å². The van der Waals surface area contributed by atoms with Crippen LogP contribution in [0.4, 0.5) is 0 Å². The van der Waals surface area contributed by atoms with Gasteiger partial charge in [-0.2, -0.15) is 0 Å². The lowest BCUT2D eigenvalue weighted by molar-refractivity contribution is 0.00234. The number of nitrogens with zero attached hydrogens (tertiary/aromatic N) is 3. The number of hydrogen-bond acceptors (Lipinski definition) is 4. The van der Waals surface area contributed by atoms with Crippen LogP contribution in [0, 0.1) is 6.92 Å². The van der Waals surface area contributed by atoms with Crippen LogP contribution in [-0.4, -0.2) is 52.4 Å². The molecule has 122 valence electrons. The molecule has 2 aliphatic rings. The number of rotatable bonds is 3. The lowest BCUT2D eigenvalue weighted by Gasteiger charge is -2.49. The number of carbonyl (C=O) groups is 1. The van der Waals surface area contributed by atoms with Crippen molar-refractivity contribution in [2.45, 2.75) is 65.0 Å². The maximum atomic E-state index is 12.7. The Bertz CT molecular complexity index is 548. The summed E-state index contributed by atoms with van der Waals surface area (Å²) in [6.45, 7) is 11.5. The monoisotopic (exact) mass is 321 g/mol. The summed E-state index contributed by atoms with van der Waals surface area (Å²) in [5.74, 6) is 0.575. The summed E-state index contributed by atoms with van der Waals surface area (Å²) in [4.78, 5) is 22.7. The molecule has 4 nitrogen and oxygen atoms in total. The van der Waals surface area contributed by atoms with Crippen molar-refractivity contribution in [3.8, 4) is 0 Å². The second-order valence-corrected chi connectivity index (χ2v) is 8.10. The molecule has 3 heterocycles. The van der Waals surface area contributed by atoms with E-state index in [2.05, 4.69) is 30.7 Å². The Morgan fingerprint density at radius 1 is 1.32 bits per heavy atom. The summed E-state index contributed by atoms with van der Waals surface area (Å²) in [7, 11) is 0. The number of amides is 1. The zero-order valence-electron chi connectivity index (χ0n) is 14.1. The quantitative estimate of drug-likeness (QED) is 0.857. The summed E-state index contributed by atoms with van der Waals surface area (Å²) in [6, 6.07) is 1.24. The second kappa shape index (κ2) is 6.28. The fourth-order valence-electron chi connectivity index (χ4n) is 3.50. The van der Waals surface area contributed by atoms with Crippen LogP contribution in [0.2, 0.25) is 0 Å². The van der Waals surface area contributed by atoms with Gasteiger partial charge in [0.15, 0.2) is 0 Å². The minimum atomic E-state index is 0.183. The van der Waals surface area contributed by atoms with Crippen LogP contribution in [0.25, 0.3) is 0 Å². The number of hydrogen-bond donors (Lipinski definition) is 0. The molecular formula is C17H27N3OS. The smallest absolute Gasteiger partial charge is 0.265 e. The molecule has 1 atom stereocenters. The number of likely N-dealkylation sites (tertiary alicyclic amines) is 2. The van der Waals surface area contributed by atoms with E-state index in [9.17, 15) is 4.79 Å². The van der Waals surface area contributed by atoms with Crippen LogP contribution >= 0.6 is 11.3 Å². The minimum absolute atomic E-state index is 0.183. The summed E-state index contributed by atoms with van der Waals surface area (Å²) in [6.07, 6.45) is 3.96. The number of aromatic nitrogens is 1. The zero-order valence-corrected chi connectivity index (χ0v) is 14.9. The molecule has 0 unspecified atom stereocenters. The molecule has 1 aromatic heterocycles. The Morgan fingerprint density at radius 3 is 2.64 bits per heavy atom. The van der Waals surface area contributed by atoms with Crippen molar-refractivity contribution in [1.82, 2.24) is 14.8 Å². The Morgan fingerprint density at radius 2 is 2.05 bits per heavy atom. The molecule has 0 N–H and O–H groups in total. The molecule has 0 bridgehead atoms. The van der Waals surface area contributed by atoms with Gasteiger partial charge in [-0.1, -0.05) is 20.3 Å². The van der Waals surface area contributed by atoms with Crippen molar-refractivity contribution in [3.63, 3.8) is 0 Å². The van der Waals surface area contributed by atoms with Gasteiger partial charge in [-0.05, 0) is 33.2 Å². The topological polar surface area (TPSA) is 36.4 Å². The van der Waals surface area contributed by atoms with Crippen LogP contribution in [0.3, 0.4) is 0 Å². The van der Waals surface area contributed by atoms with Gasteiger partial charge in [0, 0.05) is 31.1 Å². The largest absolute Gasteiger partial charge is 0.335 e.